The third-order valence-corrected chi connectivity index (χ3v) is 4.00. The fraction of sp³-hybridized carbons (Fsp3) is 0.200. The van der Waals surface area contributed by atoms with Crippen molar-refractivity contribution in [1.82, 2.24) is 4.57 Å². The molecule has 23 heavy (non-hydrogen) atoms. The summed E-state index contributed by atoms with van der Waals surface area (Å²) in [4.78, 5) is 12.4. The first-order chi connectivity index (χ1) is 11.2. The predicted molar refractivity (Wildman–Crippen MR) is 91.4 cm³/mol. The molecule has 0 saturated carbocycles. The topological polar surface area (TPSA) is 45.8 Å². The molecule has 0 amide bonds. The number of hydrogen-bond acceptors (Lipinski definition) is 2. The lowest BCUT2D eigenvalue weighted by atomic mass is 10.1. The van der Waals surface area contributed by atoms with Crippen molar-refractivity contribution < 1.29 is 4.79 Å². The summed E-state index contributed by atoms with van der Waals surface area (Å²) in [6.07, 6.45) is 3.39. The molecule has 3 heteroatoms. The number of para-hydroxylation sites is 1. The van der Waals surface area contributed by atoms with E-state index >= 15 is 0 Å². The van der Waals surface area contributed by atoms with Crippen molar-refractivity contribution >= 4 is 16.7 Å². The van der Waals surface area contributed by atoms with E-state index in [1.807, 2.05) is 61.7 Å². The van der Waals surface area contributed by atoms with E-state index in [-0.39, 0.29) is 5.78 Å². The number of aromatic nitrogens is 1. The van der Waals surface area contributed by atoms with Crippen LogP contribution in [-0.2, 0) is 6.54 Å². The van der Waals surface area contributed by atoms with Crippen molar-refractivity contribution in [3.8, 4) is 6.07 Å². The maximum Gasteiger partial charge on any atom is 0.165 e. The van der Waals surface area contributed by atoms with Gasteiger partial charge < -0.3 is 4.57 Å². The van der Waals surface area contributed by atoms with Gasteiger partial charge in [0.25, 0.3) is 0 Å². The summed E-state index contributed by atoms with van der Waals surface area (Å²) in [6, 6.07) is 17.7. The number of fused-ring (bicyclic) bond motifs is 1. The summed E-state index contributed by atoms with van der Waals surface area (Å²) in [5.41, 5.74) is 3.64. The number of nitrogens with zero attached hydrogens (tertiary/aromatic N) is 2. The van der Waals surface area contributed by atoms with Crippen molar-refractivity contribution in [3.05, 3.63) is 71.4 Å². The lowest BCUT2D eigenvalue weighted by Crippen LogP contribution is -1.99. The van der Waals surface area contributed by atoms with Crippen LogP contribution in [0.2, 0.25) is 0 Å². The molecule has 3 rings (SSSR count). The number of Topliss-reactive ketones (excluding diaryl/α,β-unsaturated/α-hetero) is 1. The Labute approximate surface area is 135 Å². The van der Waals surface area contributed by atoms with Gasteiger partial charge in [0.1, 0.15) is 0 Å². The van der Waals surface area contributed by atoms with E-state index in [1.54, 1.807) is 0 Å². The summed E-state index contributed by atoms with van der Waals surface area (Å²) in [5, 5.41) is 9.90. The molecule has 0 radical (unpaired) electrons. The van der Waals surface area contributed by atoms with Gasteiger partial charge in [-0.05, 0) is 30.2 Å². The second-order valence-electron chi connectivity index (χ2n) is 5.67. The number of nitriles is 1. The minimum atomic E-state index is 0.197. The number of carbonyl (C=O) groups excluding carboxylic acids is 1. The average Bonchev–Trinajstić information content (AvgIpc) is 2.95. The zero-order valence-electron chi connectivity index (χ0n) is 13.1. The molecule has 0 aliphatic carbocycles. The highest BCUT2D eigenvalue weighted by molar-refractivity contribution is 6.08. The van der Waals surface area contributed by atoms with Crippen molar-refractivity contribution in [3.63, 3.8) is 0 Å². The molecule has 0 saturated heterocycles. The van der Waals surface area contributed by atoms with Gasteiger partial charge in [-0.15, -0.1) is 0 Å². The summed E-state index contributed by atoms with van der Waals surface area (Å²) in [5.74, 6) is 0.197. The van der Waals surface area contributed by atoms with E-state index in [0.29, 0.717) is 18.5 Å². The monoisotopic (exact) mass is 302 g/mol. The van der Waals surface area contributed by atoms with Gasteiger partial charge in [0.05, 0.1) is 11.6 Å². The second-order valence-corrected chi connectivity index (χ2v) is 5.67. The number of rotatable bonds is 5. The van der Waals surface area contributed by atoms with Crippen molar-refractivity contribution in [2.75, 3.05) is 0 Å². The molecule has 0 N–H and O–H groups in total. The first-order valence-corrected chi connectivity index (χ1v) is 7.83. The molecule has 0 spiro atoms. The van der Waals surface area contributed by atoms with Crippen LogP contribution < -0.4 is 0 Å². The van der Waals surface area contributed by atoms with Gasteiger partial charge in [-0.1, -0.05) is 37.3 Å². The van der Waals surface area contributed by atoms with E-state index in [0.717, 1.165) is 28.5 Å². The standard InChI is InChI=1S/C20H18N2O/c1-2-5-20(23)18-14-22(19-7-4-3-6-17(18)19)13-16-10-8-15(12-21)9-11-16/h3-4,6-11,14H,2,5,13H2,1H3. The Morgan fingerprint density at radius 2 is 1.87 bits per heavy atom. The molecule has 0 unspecified atom stereocenters. The van der Waals surface area contributed by atoms with Crippen LogP contribution in [0.3, 0.4) is 0 Å². The first-order valence-electron chi connectivity index (χ1n) is 7.83. The Balaban J connectivity index is 2.00. The van der Waals surface area contributed by atoms with Crippen LogP contribution >= 0.6 is 0 Å². The van der Waals surface area contributed by atoms with E-state index in [9.17, 15) is 4.79 Å². The summed E-state index contributed by atoms with van der Waals surface area (Å²) in [6.45, 7) is 2.71. The molecule has 1 heterocycles. The van der Waals surface area contributed by atoms with Crippen LogP contribution in [0.5, 0.6) is 0 Å². The van der Waals surface area contributed by atoms with Gasteiger partial charge in [0.2, 0.25) is 0 Å². The summed E-state index contributed by atoms with van der Waals surface area (Å²) >= 11 is 0. The van der Waals surface area contributed by atoms with Gasteiger partial charge in [-0.25, -0.2) is 0 Å². The van der Waals surface area contributed by atoms with E-state index < -0.39 is 0 Å². The quantitative estimate of drug-likeness (QED) is 0.649. The molecule has 0 atom stereocenters. The Bertz CT molecular complexity index is 882. The van der Waals surface area contributed by atoms with Crippen molar-refractivity contribution in [2.24, 2.45) is 0 Å². The third-order valence-electron chi connectivity index (χ3n) is 4.00. The normalized spacial score (nSPS) is 10.6. The Hall–Kier alpha value is -2.86. The predicted octanol–water partition coefficient (Wildman–Crippen LogP) is 4.54. The molecule has 0 bridgehead atoms. The smallest absolute Gasteiger partial charge is 0.165 e. The summed E-state index contributed by atoms with van der Waals surface area (Å²) in [7, 11) is 0. The van der Waals surface area contributed by atoms with Crippen molar-refractivity contribution in [1.29, 1.82) is 5.26 Å². The van der Waals surface area contributed by atoms with Gasteiger partial charge in [0.15, 0.2) is 5.78 Å². The largest absolute Gasteiger partial charge is 0.342 e. The van der Waals surface area contributed by atoms with Crippen LogP contribution in [0.25, 0.3) is 10.9 Å². The minimum absolute atomic E-state index is 0.197. The van der Waals surface area contributed by atoms with E-state index in [4.69, 9.17) is 5.26 Å². The lowest BCUT2D eigenvalue weighted by molar-refractivity contribution is 0.0983. The highest BCUT2D eigenvalue weighted by atomic mass is 16.1. The highest BCUT2D eigenvalue weighted by Crippen LogP contribution is 2.24. The third kappa shape index (κ3) is 3.02. The number of carbonyl (C=O) groups is 1. The average molecular weight is 302 g/mol. The molecule has 0 aliphatic rings. The number of ketones is 1. The number of hydrogen-bond donors (Lipinski definition) is 0. The fourth-order valence-electron chi connectivity index (χ4n) is 2.84. The molecule has 2 aromatic carbocycles. The molecule has 114 valence electrons. The zero-order valence-corrected chi connectivity index (χ0v) is 13.1. The Kier molecular flexibility index (Phi) is 4.25. The molecule has 1 aromatic heterocycles. The highest BCUT2D eigenvalue weighted by Gasteiger charge is 2.14. The van der Waals surface area contributed by atoms with E-state index in [2.05, 4.69) is 10.6 Å². The molecule has 3 nitrogen and oxygen atoms in total. The SMILES string of the molecule is CCCC(=O)c1cn(Cc2ccc(C#N)cc2)c2ccccc12. The maximum atomic E-state index is 12.4. The number of benzene rings is 2. The van der Waals surface area contributed by atoms with Crippen LogP contribution in [-0.4, -0.2) is 10.4 Å². The van der Waals surface area contributed by atoms with Gasteiger partial charge in [0, 0.05) is 35.6 Å². The summed E-state index contributed by atoms with van der Waals surface area (Å²) < 4.78 is 2.11. The van der Waals surface area contributed by atoms with Gasteiger partial charge in [-0.2, -0.15) is 5.26 Å². The second kappa shape index (κ2) is 6.50. The van der Waals surface area contributed by atoms with Crippen LogP contribution in [0.4, 0.5) is 0 Å². The first kappa shape index (κ1) is 15.1. The zero-order chi connectivity index (χ0) is 16.2. The van der Waals surface area contributed by atoms with Crippen LogP contribution in [0.1, 0.15) is 41.3 Å². The molecule has 0 aliphatic heterocycles. The molecule has 3 aromatic rings. The lowest BCUT2D eigenvalue weighted by Gasteiger charge is -2.05. The maximum absolute atomic E-state index is 12.4. The van der Waals surface area contributed by atoms with Crippen LogP contribution in [0.15, 0.2) is 54.7 Å². The Morgan fingerprint density at radius 3 is 2.57 bits per heavy atom. The Morgan fingerprint density at radius 1 is 1.13 bits per heavy atom. The van der Waals surface area contributed by atoms with Gasteiger partial charge >= 0.3 is 0 Å². The van der Waals surface area contributed by atoms with Crippen molar-refractivity contribution in [2.45, 2.75) is 26.3 Å². The molecular formula is C20H18N2O. The van der Waals surface area contributed by atoms with Gasteiger partial charge in [-0.3, -0.25) is 4.79 Å². The minimum Gasteiger partial charge on any atom is -0.342 e. The van der Waals surface area contributed by atoms with Crippen LogP contribution in [0, 0.1) is 11.3 Å². The molecule has 0 fully saturated rings. The fourth-order valence-corrected chi connectivity index (χ4v) is 2.84. The molecular weight excluding hydrogens is 284 g/mol. The van der Waals surface area contributed by atoms with E-state index in [1.165, 1.54) is 0 Å².